The molecule has 0 amide bonds. The molecule has 0 aliphatic heterocycles. The molecule has 0 aliphatic carbocycles. The van der Waals surface area contributed by atoms with Crippen molar-refractivity contribution >= 4 is 34.3 Å². The highest BCUT2D eigenvalue weighted by molar-refractivity contribution is 5.90. The van der Waals surface area contributed by atoms with E-state index in [0.29, 0.717) is 11.3 Å². The molecule has 56 heavy (non-hydrogen) atoms. The number of phenols is 1. The molecule has 1 N–H and O–H groups in total. The summed E-state index contributed by atoms with van der Waals surface area (Å²) >= 11 is 0. The summed E-state index contributed by atoms with van der Waals surface area (Å²) in [6, 6.07) is 64.3. The second-order valence-electron chi connectivity index (χ2n) is 13.8. The molecule has 0 radical (unpaired) electrons. The topological polar surface area (TPSA) is 52.5 Å². The minimum Gasteiger partial charge on any atom is -0.507 e. The Balaban J connectivity index is 1.42. The summed E-state index contributed by atoms with van der Waals surface area (Å²) in [5, 5.41) is 11.3. The van der Waals surface area contributed by atoms with Gasteiger partial charge in [-0.1, -0.05) is 129 Å². The van der Waals surface area contributed by atoms with E-state index in [0.717, 1.165) is 75.0 Å². The first-order valence-corrected chi connectivity index (χ1v) is 19.3. The van der Waals surface area contributed by atoms with Crippen molar-refractivity contribution in [2.24, 2.45) is 0 Å². The van der Waals surface area contributed by atoms with Crippen molar-refractivity contribution < 1.29 is 5.11 Å². The zero-order chi connectivity index (χ0) is 38.3. The van der Waals surface area contributed by atoms with Crippen molar-refractivity contribution in [2.75, 3.05) is 9.80 Å². The van der Waals surface area contributed by atoms with Crippen LogP contribution in [0, 0.1) is 0 Å². The number of aromatic hydroxyl groups is 1. The molecule has 0 unspecified atom stereocenters. The number of rotatable bonds is 12. The third-order valence-corrected chi connectivity index (χ3v) is 10.4. The second kappa shape index (κ2) is 16.6. The van der Waals surface area contributed by atoms with Crippen LogP contribution in [0.1, 0.15) is 38.2 Å². The molecule has 5 nitrogen and oxygen atoms in total. The number of benzene rings is 6. The lowest BCUT2D eigenvalue weighted by Crippen LogP contribution is -2.16. The summed E-state index contributed by atoms with van der Waals surface area (Å²) < 4.78 is 0. The summed E-state index contributed by atoms with van der Waals surface area (Å²) in [5.41, 5.74) is 11.7. The van der Waals surface area contributed by atoms with Crippen molar-refractivity contribution in [1.82, 2.24) is 9.97 Å². The Morgan fingerprint density at radius 3 is 1.71 bits per heavy atom. The number of hydrogen-bond acceptors (Lipinski definition) is 5. The van der Waals surface area contributed by atoms with Crippen LogP contribution in [0.4, 0.5) is 34.3 Å². The summed E-state index contributed by atoms with van der Waals surface area (Å²) in [7, 11) is 0. The van der Waals surface area contributed by atoms with Crippen molar-refractivity contribution in [2.45, 2.75) is 32.6 Å². The molecule has 2 aromatic heterocycles. The Hall–Kier alpha value is -6.98. The minimum atomic E-state index is 0.186. The van der Waals surface area contributed by atoms with Crippen LogP contribution in [0.15, 0.2) is 194 Å². The predicted octanol–water partition coefficient (Wildman–Crippen LogP) is 14.0. The number of aromatic nitrogens is 2. The van der Waals surface area contributed by atoms with Gasteiger partial charge >= 0.3 is 0 Å². The number of anilines is 6. The van der Waals surface area contributed by atoms with Gasteiger partial charge in [-0.05, 0) is 97.1 Å². The van der Waals surface area contributed by atoms with Gasteiger partial charge in [0, 0.05) is 45.5 Å². The molecule has 0 fully saturated rings. The highest BCUT2D eigenvalue weighted by Gasteiger charge is 2.27. The summed E-state index contributed by atoms with van der Waals surface area (Å²) in [6.07, 6.45) is 3.69. The maximum Gasteiger partial charge on any atom is 0.137 e. The van der Waals surface area contributed by atoms with Crippen LogP contribution in [-0.2, 0) is 0 Å². The Bertz CT molecular complexity index is 2480. The highest BCUT2D eigenvalue weighted by atomic mass is 16.3. The van der Waals surface area contributed by atoms with Crippen LogP contribution < -0.4 is 9.80 Å². The number of para-hydroxylation sites is 4. The second-order valence-corrected chi connectivity index (χ2v) is 13.8. The fourth-order valence-electron chi connectivity index (χ4n) is 7.66. The molecule has 8 rings (SSSR count). The Labute approximate surface area is 329 Å². The first kappa shape index (κ1) is 36.0. The summed E-state index contributed by atoms with van der Waals surface area (Å²) in [5.74, 6) is 1.19. The SMILES string of the molecule is CCC(CC)c1c(N(c2ccccc2)c2ccccc2)cc(-c2ccccc2O)nc1-c1cccc(N(c2ccccn2)c2ccccc2-c2ccccc2)c1. The van der Waals surface area contributed by atoms with Crippen LogP contribution in [0.25, 0.3) is 33.6 Å². The van der Waals surface area contributed by atoms with E-state index in [9.17, 15) is 5.11 Å². The van der Waals surface area contributed by atoms with Gasteiger partial charge in [-0.15, -0.1) is 0 Å². The van der Waals surface area contributed by atoms with Gasteiger partial charge in [-0.25, -0.2) is 9.97 Å². The fourth-order valence-corrected chi connectivity index (χ4v) is 7.66. The summed E-state index contributed by atoms with van der Waals surface area (Å²) in [4.78, 5) is 15.0. The van der Waals surface area contributed by atoms with Crippen molar-refractivity contribution in [3.05, 3.63) is 200 Å². The molecular weight excluding hydrogens is 685 g/mol. The molecule has 6 aromatic carbocycles. The van der Waals surface area contributed by atoms with Crippen molar-refractivity contribution in [3.8, 4) is 39.4 Å². The molecule has 0 bridgehead atoms. The zero-order valence-electron chi connectivity index (χ0n) is 31.7. The molecule has 0 spiro atoms. The monoisotopic (exact) mass is 728 g/mol. The van der Waals surface area contributed by atoms with Crippen molar-refractivity contribution in [3.63, 3.8) is 0 Å². The van der Waals surface area contributed by atoms with Gasteiger partial charge in [-0.2, -0.15) is 0 Å². The molecule has 2 heterocycles. The number of pyridine rings is 2. The first-order chi connectivity index (χ1) is 27.6. The number of hydrogen-bond donors (Lipinski definition) is 1. The molecule has 274 valence electrons. The van der Waals surface area contributed by atoms with Gasteiger partial charge < -0.3 is 10.0 Å². The lowest BCUT2D eigenvalue weighted by atomic mass is 9.87. The smallest absolute Gasteiger partial charge is 0.137 e. The molecular formula is C51H44N4O. The Morgan fingerprint density at radius 2 is 1.07 bits per heavy atom. The van der Waals surface area contributed by atoms with Crippen LogP contribution in [0.5, 0.6) is 5.75 Å². The molecule has 0 atom stereocenters. The Kier molecular flexibility index (Phi) is 10.7. The highest BCUT2D eigenvalue weighted by Crippen LogP contribution is 2.48. The quantitative estimate of drug-likeness (QED) is 0.136. The maximum absolute atomic E-state index is 11.3. The molecule has 0 aliphatic rings. The van der Waals surface area contributed by atoms with Crippen LogP contribution in [0.3, 0.4) is 0 Å². The Morgan fingerprint density at radius 1 is 0.500 bits per heavy atom. The van der Waals surface area contributed by atoms with Gasteiger partial charge in [0.2, 0.25) is 0 Å². The molecule has 8 aromatic rings. The van der Waals surface area contributed by atoms with Crippen LogP contribution in [0.2, 0.25) is 0 Å². The van der Waals surface area contributed by atoms with E-state index in [1.807, 2.05) is 42.6 Å². The van der Waals surface area contributed by atoms with Gasteiger partial charge in [-0.3, -0.25) is 4.90 Å². The van der Waals surface area contributed by atoms with E-state index in [1.165, 1.54) is 0 Å². The fraction of sp³-hybridized carbons (Fsp3) is 0.0980. The molecule has 0 saturated carbocycles. The van der Waals surface area contributed by atoms with E-state index in [1.54, 1.807) is 6.07 Å². The molecule has 0 saturated heterocycles. The minimum absolute atomic E-state index is 0.186. The average molecular weight is 729 g/mol. The van der Waals surface area contributed by atoms with Gasteiger partial charge in [0.25, 0.3) is 0 Å². The van der Waals surface area contributed by atoms with E-state index in [-0.39, 0.29) is 11.7 Å². The van der Waals surface area contributed by atoms with Crippen molar-refractivity contribution in [1.29, 1.82) is 0 Å². The molecule has 5 heteroatoms. The van der Waals surface area contributed by atoms with E-state index in [4.69, 9.17) is 9.97 Å². The van der Waals surface area contributed by atoms with Crippen LogP contribution in [-0.4, -0.2) is 15.1 Å². The zero-order valence-corrected chi connectivity index (χ0v) is 31.7. The standard InChI is InChI=1S/C51H44N4O/c1-3-37(4-2)50-47(54(40-24-10-6-11-25-40)41-26-12-7-13-27-41)36-45(44-30-15-17-32-48(44)56)53-51(50)39-23-20-28-42(35-39)55(49-33-18-19-34-52-49)46-31-16-14-29-43(46)38-21-8-5-9-22-38/h5-37,56H,3-4H2,1-2H3. The van der Waals surface area contributed by atoms with Crippen LogP contribution >= 0.6 is 0 Å². The maximum atomic E-state index is 11.3. The third-order valence-electron chi connectivity index (χ3n) is 10.4. The largest absolute Gasteiger partial charge is 0.507 e. The average Bonchev–Trinajstić information content (AvgIpc) is 3.26. The number of nitrogens with zero attached hydrogens (tertiary/aromatic N) is 4. The van der Waals surface area contributed by atoms with E-state index < -0.39 is 0 Å². The first-order valence-electron chi connectivity index (χ1n) is 19.3. The van der Waals surface area contributed by atoms with Gasteiger partial charge in [0.05, 0.1) is 22.8 Å². The number of phenolic OH excluding ortho intramolecular Hbond substituents is 1. The lowest BCUT2D eigenvalue weighted by molar-refractivity contribution is 0.477. The van der Waals surface area contributed by atoms with E-state index in [2.05, 4.69) is 169 Å². The van der Waals surface area contributed by atoms with Gasteiger partial charge in [0.15, 0.2) is 0 Å². The lowest BCUT2D eigenvalue weighted by Gasteiger charge is -2.32. The predicted molar refractivity (Wildman–Crippen MR) is 233 cm³/mol. The summed E-state index contributed by atoms with van der Waals surface area (Å²) in [6.45, 7) is 4.52. The van der Waals surface area contributed by atoms with E-state index >= 15 is 0 Å². The third kappa shape index (κ3) is 7.27. The normalized spacial score (nSPS) is 11.1. The van der Waals surface area contributed by atoms with Gasteiger partial charge in [0.1, 0.15) is 11.6 Å².